The third-order valence-electron chi connectivity index (χ3n) is 4.35. The number of hydrogen-bond donors (Lipinski definition) is 0. The van der Waals surface area contributed by atoms with Crippen LogP contribution in [0.3, 0.4) is 0 Å². The first kappa shape index (κ1) is 15.6. The molecule has 23 heavy (non-hydrogen) atoms. The second-order valence-electron chi connectivity index (χ2n) is 6.28. The lowest BCUT2D eigenvalue weighted by molar-refractivity contribution is 0.0676. The van der Waals surface area contributed by atoms with Crippen molar-refractivity contribution in [2.75, 3.05) is 20.2 Å². The van der Waals surface area contributed by atoms with Gasteiger partial charge in [-0.05, 0) is 43.9 Å². The highest BCUT2D eigenvalue weighted by Crippen LogP contribution is 2.21. The summed E-state index contributed by atoms with van der Waals surface area (Å²) >= 11 is 0. The quantitative estimate of drug-likeness (QED) is 0.875. The molecular formula is C18H23N3O2. The van der Waals surface area contributed by atoms with E-state index < -0.39 is 0 Å². The Hall–Kier alpha value is -2.30. The SMILES string of the molecule is COc1cccc(-n2nc(C(=O)N3CCCC(C)C3)cc2C)c1. The average Bonchev–Trinajstić information content (AvgIpc) is 2.96. The highest BCUT2D eigenvalue weighted by molar-refractivity contribution is 5.92. The number of rotatable bonds is 3. The number of carbonyl (C=O) groups excluding carboxylic acids is 1. The van der Waals surface area contributed by atoms with Crippen molar-refractivity contribution in [3.63, 3.8) is 0 Å². The summed E-state index contributed by atoms with van der Waals surface area (Å²) in [5, 5.41) is 4.53. The minimum absolute atomic E-state index is 0.0290. The van der Waals surface area contributed by atoms with Crippen LogP contribution in [0.15, 0.2) is 30.3 Å². The van der Waals surface area contributed by atoms with Crippen LogP contribution in [0.2, 0.25) is 0 Å². The van der Waals surface area contributed by atoms with E-state index in [9.17, 15) is 4.79 Å². The first-order chi connectivity index (χ1) is 11.1. The summed E-state index contributed by atoms with van der Waals surface area (Å²) in [6.07, 6.45) is 2.27. The zero-order valence-electron chi connectivity index (χ0n) is 14.0. The Balaban J connectivity index is 1.86. The van der Waals surface area contributed by atoms with Crippen molar-refractivity contribution in [3.8, 4) is 11.4 Å². The molecular weight excluding hydrogens is 290 g/mol. The maximum atomic E-state index is 12.7. The van der Waals surface area contributed by atoms with E-state index in [1.807, 2.05) is 42.2 Å². The Morgan fingerprint density at radius 2 is 2.17 bits per heavy atom. The summed E-state index contributed by atoms with van der Waals surface area (Å²) in [6, 6.07) is 9.55. The number of amides is 1. The van der Waals surface area contributed by atoms with E-state index in [4.69, 9.17) is 4.74 Å². The normalized spacial score (nSPS) is 18.0. The molecule has 0 saturated carbocycles. The standard InChI is InChI=1S/C18H23N3O2/c1-13-6-5-9-20(12-13)18(22)17-10-14(2)21(19-17)15-7-4-8-16(11-15)23-3/h4,7-8,10-11,13H,5-6,9,12H2,1-3H3. The van der Waals surface area contributed by atoms with Gasteiger partial charge in [0.05, 0.1) is 12.8 Å². The molecule has 1 aromatic heterocycles. The van der Waals surface area contributed by atoms with Gasteiger partial charge in [-0.25, -0.2) is 4.68 Å². The second kappa shape index (κ2) is 6.44. The highest BCUT2D eigenvalue weighted by Gasteiger charge is 2.24. The smallest absolute Gasteiger partial charge is 0.274 e. The van der Waals surface area contributed by atoms with Gasteiger partial charge >= 0.3 is 0 Å². The van der Waals surface area contributed by atoms with Crippen LogP contribution in [0.25, 0.3) is 5.69 Å². The van der Waals surface area contributed by atoms with Crippen LogP contribution in [-0.4, -0.2) is 40.8 Å². The van der Waals surface area contributed by atoms with E-state index in [0.717, 1.165) is 36.6 Å². The minimum atomic E-state index is 0.0290. The van der Waals surface area contributed by atoms with Crippen LogP contribution in [0.1, 0.15) is 35.9 Å². The van der Waals surface area contributed by atoms with Crippen molar-refractivity contribution < 1.29 is 9.53 Å². The number of carbonyl (C=O) groups is 1. The number of hydrogen-bond acceptors (Lipinski definition) is 3. The molecule has 1 aliphatic rings. The van der Waals surface area contributed by atoms with Gasteiger partial charge in [0.25, 0.3) is 5.91 Å². The van der Waals surface area contributed by atoms with E-state index in [1.54, 1.807) is 11.8 Å². The van der Waals surface area contributed by atoms with Gasteiger partial charge in [-0.1, -0.05) is 13.0 Å². The number of likely N-dealkylation sites (tertiary alicyclic amines) is 1. The molecule has 5 nitrogen and oxygen atoms in total. The predicted octanol–water partition coefficient (Wildman–Crippen LogP) is 3.06. The van der Waals surface area contributed by atoms with Crippen molar-refractivity contribution >= 4 is 5.91 Å². The van der Waals surface area contributed by atoms with Gasteiger partial charge in [0.15, 0.2) is 5.69 Å². The molecule has 1 aromatic carbocycles. The Bertz CT molecular complexity index is 708. The Labute approximate surface area is 136 Å². The molecule has 1 unspecified atom stereocenters. The van der Waals surface area contributed by atoms with Crippen LogP contribution in [0.4, 0.5) is 0 Å². The fourth-order valence-electron chi connectivity index (χ4n) is 3.12. The largest absolute Gasteiger partial charge is 0.497 e. The van der Waals surface area contributed by atoms with Gasteiger partial charge in [0, 0.05) is 24.8 Å². The van der Waals surface area contributed by atoms with Crippen LogP contribution in [0, 0.1) is 12.8 Å². The van der Waals surface area contributed by atoms with E-state index in [0.29, 0.717) is 11.6 Å². The number of nitrogens with zero attached hydrogens (tertiary/aromatic N) is 3. The predicted molar refractivity (Wildman–Crippen MR) is 89.2 cm³/mol. The molecule has 0 bridgehead atoms. The fourth-order valence-corrected chi connectivity index (χ4v) is 3.12. The fraction of sp³-hybridized carbons (Fsp3) is 0.444. The maximum Gasteiger partial charge on any atom is 0.274 e. The molecule has 0 aliphatic carbocycles. The van der Waals surface area contributed by atoms with Crippen molar-refractivity contribution in [2.24, 2.45) is 5.92 Å². The third kappa shape index (κ3) is 3.23. The first-order valence-electron chi connectivity index (χ1n) is 8.09. The molecule has 1 fully saturated rings. The summed E-state index contributed by atoms with van der Waals surface area (Å²) in [6.45, 7) is 5.81. The Kier molecular flexibility index (Phi) is 4.37. The molecule has 0 spiro atoms. The lowest BCUT2D eigenvalue weighted by Crippen LogP contribution is -2.39. The summed E-state index contributed by atoms with van der Waals surface area (Å²) in [5.74, 6) is 1.37. The number of ether oxygens (including phenoxy) is 1. The number of benzene rings is 1. The van der Waals surface area contributed by atoms with Crippen LogP contribution in [-0.2, 0) is 0 Å². The van der Waals surface area contributed by atoms with Gasteiger partial charge < -0.3 is 9.64 Å². The molecule has 1 amide bonds. The van der Waals surface area contributed by atoms with Crippen molar-refractivity contribution in [2.45, 2.75) is 26.7 Å². The zero-order chi connectivity index (χ0) is 16.4. The molecule has 3 rings (SSSR count). The van der Waals surface area contributed by atoms with Crippen molar-refractivity contribution in [3.05, 3.63) is 41.7 Å². The van der Waals surface area contributed by atoms with Crippen LogP contribution < -0.4 is 4.74 Å². The topological polar surface area (TPSA) is 47.4 Å². The minimum Gasteiger partial charge on any atom is -0.497 e. The number of piperidine rings is 1. The lowest BCUT2D eigenvalue weighted by Gasteiger charge is -2.30. The molecule has 1 aliphatic heterocycles. The molecule has 0 N–H and O–H groups in total. The number of methoxy groups -OCH3 is 1. The summed E-state index contributed by atoms with van der Waals surface area (Å²) in [7, 11) is 1.64. The molecule has 1 atom stereocenters. The summed E-state index contributed by atoms with van der Waals surface area (Å²) in [5.41, 5.74) is 2.35. The van der Waals surface area contributed by atoms with E-state index in [1.165, 1.54) is 6.42 Å². The first-order valence-corrected chi connectivity index (χ1v) is 8.09. The number of aryl methyl sites for hydroxylation is 1. The Morgan fingerprint density at radius 3 is 2.91 bits per heavy atom. The monoisotopic (exact) mass is 313 g/mol. The van der Waals surface area contributed by atoms with Crippen LogP contribution in [0.5, 0.6) is 5.75 Å². The lowest BCUT2D eigenvalue weighted by atomic mass is 10.00. The van der Waals surface area contributed by atoms with Gasteiger partial charge in [0.2, 0.25) is 0 Å². The maximum absolute atomic E-state index is 12.7. The summed E-state index contributed by atoms with van der Waals surface area (Å²) in [4.78, 5) is 14.6. The van der Waals surface area contributed by atoms with E-state index in [2.05, 4.69) is 12.0 Å². The summed E-state index contributed by atoms with van der Waals surface area (Å²) < 4.78 is 7.06. The molecule has 122 valence electrons. The van der Waals surface area contributed by atoms with Crippen LogP contribution >= 0.6 is 0 Å². The van der Waals surface area contributed by atoms with Crippen molar-refractivity contribution in [1.29, 1.82) is 0 Å². The molecule has 2 aromatic rings. The average molecular weight is 313 g/mol. The van der Waals surface area contributed by atoms with E-state index >= 15 is 0 Å². The highest BCUT2D eigenvalue weighted by atomic mass is 16.5. The van der Waals surface area contributed by atoms with Crippen molar-refractivity contribution in [1.82, 2.24) is 14.7 Å². The van der Waals surface area contributed by atoms with Gasteiger partial charge in [-0.3, -0.25) is 4.79 Å². The molecule has 1 saturated heterocycles. The Morgan fingerprint density at radius 1 is 1.35 bits per heavy atom. The molecule has 0 radical (unpaired) electrons. The molecule has 2 heterocycles. The van der Waals surface area contributed by atoms with Gasteiger partial charge in [-0.2, -0.15) is 5.10 Å². The van der Waals surface area contributed by atoms with E-state index in [-0.39, 0.29) is 5.91 Å². The van der Waals surface area contributed by atoms with Gasteiger partial charge in [0.1, 0.15) is 5.75 Å². The molecule has 5 heteroatoms. The number of aromatic nitrogens is 2. The third-order valence-corrected chi connectivity index (χ3v) is 4.35. The second-order valence-corrected chi connectivity index (χ2v) is 6.28. The van der Waals surface area contributed by atoms with Gasteiger partial charge in [-0.15, -0.1) is 0 Å². The zero-order valence-corrected chi connectivity index (χ0v) is 14.0.